The highest BCUT2D eigenvalue weighted by molar-refractivity contribution is 5.99. The van der Waals surface area contributed by atoms with Crippen LogP contribution in [0.25, 0.3) is 0 Å². The van der Waals surface area contributed by atoms with E-state index in [2.05, 4.69) is 6.58 Å². The molecule has 0 radical (unpaired) electrons. The molecular formula is C19H20FN3O4. The van der Waals surface area contributed by atoms with Crippen molar-refractivity contribution < 1.29 is 13.9 Å². The molecular weight excluding hydrogens is 353 g/mol. The number of aromatic nitrogens is 2. The molecule has 2 aromatic rings. The first-order valence-electron chi connectivity index (χ1n) is 8.53. The fraction of sp³-hybridized carbons (Fsp3) is 0.316. The zero-order chi connectivity index (χ0) is 19.9. The number of anilines is 1. The van der Waals surface area contributed by atoms with Crippen LogP contribution in [0.15, 0.2) is 46.5 Å². The lowest BCUT2D eigenvalue weighted by Crippen LogP contribution is -2.53. The second kappa shape index (κ2) is 6.86. The number of fused-ring (bicyclic) bond motifs is 1. The van der Waals surface area contributed by atoms with E-state index < -0.39 is 35.2 Å². The number of ether oxygens (including phenoxy) is 1. The van der Waals surface area contributed by atoms with Gasteiger partial charge in [-0.05, 0) is 25.5 Å². The van der Waals surface area contributed by atoms with Gasteiger partial charge < -0.3 is 9.30 Å². The Morgan fingerprint density at radius 2 is 2.00 bits per heavy atom. The summed E-state index contributed by atoms with van der Waals surface area (Å²) in [7, 11) is 1.52. The van der Waals surface area contributed by atoms with Gasteiger partial charge in [-0.3, -0.25) is 14.5 Å². The molecule has 1 amide bonds. The normalized spacial score (nSPS) is 17.3. The van der Waals surface area contributed by atoms with E-state index in [9.17, 15) is 18.8 Å². The summed E-state index contributed by atoms with van der Waals surface area (Å²) in [6.45, 7) is 7.22. The van der Waals surface area contributed by atoms with Gasteiger partial charge in [0, 0.05) is 24.9 Å². The van der Waals surface area contributed by atoms with E-state index in [1.54, 1.807) is 6.92 Å². The quantitative estimate of drug-likeness (QED) is 0.766. The molecule has 2 heterocycles. The van der Waals surface area contributed by atoms with Gasteiger partial charge in [-0.15, -0.1) is 6.58 Å². The van der Waals surface area contributed by atoms with Crippen LogP contribution in [0.4, 0.5) is 10.1 Å². The Hall–Kier alpha value is -3.16. The van der Waals surface area contributed by atoms with Crippen molar-refractivity contribution in [1.82, 2.24) is 9.13 Å². The molecule has 0 aliphatic carbocycles. The summed E-state index contributed by atoms with van der Waals surface area (Å²) in [5.74, 6) is -1.10. The number of hydrogen-bond donors (Lipinski definition) is 0. The van der Waals surface area contributed by atoms with E-state index in [0.29, 0.717) is 17.8 Å². The van der Waals surface area contributed by atoms with Crippen LogP contribution in [-0.4, -0.2) is 21.1 Å². The van der Waals surface area contributed by atoms with E-state index in [1.165, 1.54) is 40.8 Å². The lowest BCUT2D eigenvalue weighted by atomic mass is 10.1. The van der Waals surface area contributed by atoms with Crippen molar-refractivity contribution in [1.29, 1.82) is 0 Å². The molecule has 0 bridgehead atoms. The average Bonchev–Trinajstić information content (AvgIpc) is 2.64. The number of amides is 1. The second-order valence-electron chi connectivity index (χ2n) is 6.31. The first kappa shape index (κ1) is 18.6. The van der Waals surface area contributed by atoms with Gasteiger partial charge in [0.05, 0.1) is 11.7 Å². The number of carbonyl (C=O) groups is 1. The minimum Gasteiger partial charge on any atom is -0.458 e. The molecule has 1 aromatic heterocycles. The first-order chi connectivity index (χ1) is 12.8. The summed E-state index contributed by atoms with van der Waals surface area (Å²) in [5.41, 5.74) is -0.449. The summed E-state index contributed by atoms with van der Waals surface area (Å²) in [6.07, 6.45) is 0.488. The van der Waals surface area contributed by atoms with Gasteiger partial charge in [-0.25, -0.2) is 13.8 Å². The highest BCUT2D eigenvalue weighted by Crippen LogP contribution is 2.38. The summed E-state index contributed by atoms with van der Waals surface area (Å²) in [5, 5.41) is 0. The van der Waals surface area contributed by atoms with Gasteiger partial charge in [0.2, 0.25) is 0 Å². The van der Waals surface area contributed by atoms with E-state index >= 15 is 0 Å². The minimum atomic E-state index is -1.53. The van der Waals surface area contributed by atoms with Crippen LogP contribution in [0.2, 0.25) is 0 Å². The predicted octanol–water partition coefficient (Wildman–Crippen LogP) is 1.75. The topological polar surface area (TPSA) is 73.5 Å². The Labute approximate surface area is 154 Å². The number of hydrogen-bond acceptors (Lipinski definition) is 4. The van der Waals surface area contributed by atoms with Crippen molar-refractivity contribution in [2.24, 2.45) is 7.05 Å². The number of benzene rings is 1. The Morgan fingerprint density at radius 3 is 2.63 bits per heavy atom. The van der Waals surface area contributed by atoms with E-state index in [4.69, 9.17) is 4.74 Å². The first-order valence-corrected chi connectivity index (χ1v) is 8.53. The Balaban J connectivity index is 2.23. The van der Waals surface area contributed by atoms with E-state index in [-0.39, 0.29) is 5.75 Å². The lowest BCUT2D eigenvalue weighted by molar-refractivity contribution is -0.131. The van der Waals surface area contributed by atoms with Crippen LogP contribution in [0.3, 0.4) is 0 Å². The monoisotopic (exact) mass is 373 g/mol. The average molecular weight is 373 g/mol. The van der Waals surface area contributed by atoms with Crippen molar-refractivity contribution >= 4 is 11.6 Å². The molecule has 0 spiro atoms. The van der Waals surface area contributed by atoms with Gasteiger partial charge >= 0.3 is 5.69 Å². The number of halogens is 1. The lowest BCUT2D eigenvalue weighted by Gasteiger charge is -2.37. The van der Waals surface area contributed by atoms with Gasteiger partial charge in [-0.2, -0.15) is 0 Å². The molecule has 3 rings (SSSR count). The number of carbonyl (C=O) groups excluding carboxylic acids is 1. The maximum atomic E-state index is 13.7. The van der Waals surface area contributed by atoms with Gasteiger partial charge in [-0.1, -0.05) is 13.0 Å². The second-order valence-corrected chi connectivity index (χ2v) is 6.31. The Kier molecular flexibility index (Phi) is 4.73. The van der Waals surface area contributed by atoms with Crippen LogP contribution >= 0.6 is 0 Å². The van der Waals surface area contributed by atoms with Crippen molar-refractivity contribution in [3.05, 3.63) is 69.3 Å². The minimum absolute atomic E-state index is 0.0711. The Morgan fingerprint density at radius 1 is 1.30 bits per heavy atom. The van der Waals surface area contributed by atoms with Crippen LogP contribution in [0, 0.1) is 5.82 Å². The molecule has 1 aliphatic rings. The summed E-state index contributed by atoms with van der Waals surface area (Å²) in [6, 6.07) is 4.58. The molecule has 0 fully saturated rings. The molecule has 0 saturated heterocycles. The molecule has 1 aromatic carbocycles. The summed E-state index contributed by atoms with van der Waals surface area (Å²) in [4.78, 5) is 39.7. The maximum Gasteiger partial charge on any atom is 0.334 e. The highest BCUT2D eigenvalue weighted by atomic mass is 19.1. The molecule has 8 heteroatoms. The zero-order valence-corrected chi connectivity index (χ0v) is 15.3. The Bertz CT molecular complexity index is 1040. The maximum absolute atomic E-state index is 13.7. The number of nitrogens with zero attached hydrogens (tertiary/aromatic N) is 3. The van der Waals surface area contributed by atoms with Gasteiger partial charge in [0.15, 0.2) is 0 Å². The van der Waals surface area contributed by atoms with E-state index in [0.717, 1.165) is 10.6 Å². The van der Waals surface area contributed by atoms with Crippen molar-refractivity contribution in [3.8, 4) is 5.75 Å². The highest BCUT2D eigenvalue weighted by Gasteiger charge is 2.39. The largest absolute Gasteiger partial charge is 0.458 e. The zero-order valence-electron chi connectivity index (χ0n) is 15.3. The third-order valence-corrected chi connectivity index (χ3v) is 4.67. The van der Waals surface area contributed by atoms with Gasteiger partial charge in [0.1, 0.15) is 11.6 Å². The van der Waals surface area contributed by atoms with Crippen molar-refractivity contribution in [2.75, 3.05) is 4.90 Å². The number of aryl methyl sites for hydroxylation is 1. The third kappa shape index (κ3) is 2.97. The molecule has 2 unspecified atom stereocenters. The molecule has 7 nitrogen and oxygen atoms in total. The summed E-state index contributed by atoms with van der Waals surface area (Å²) < 4.78 is 21.4. The SMILES string of the molecule is C=CC(C)N1C(=O)C(n2c(=O)cc(CC)n(C)c2=O)Oc2cc(F)ccc21. The van der Waals surface area contributed by atoms with Crippen LogP contribution in [0.5, 0.6) is 5.75 Å². The van der Waals surface area contributed by atoms with Crippen LogP contribution < -0.4 is 20.9 Å². The van der Waals surface area contributed by atoms with Gasteiger partial charge in [0.25, 0.3) is 17.7 Å². The summed E-state index contributed by atoms with van der Waals surface area (Å²) >= 11 is 0. The fourth-order valence-corrected chi connectivity index (χ4v) is 3.12. The van der Waals surface area contributed by atoms with Crippen molar-refractivity contribution in [2.45, 2.75) is 32.5 Å². The molecule has 2 atom stereocenters. The number of rotatable bonds is 4. The predicted molar refractivity (Wildman–Crippen MR) is 98.5 cm³/mol. The smallest absolute Gasteiger partial charge is 0.334 e. The molecule has 142 valence electrons. The molecule has 0 saturated carbocycles. The third-order valence-electron chi connectivity index (χ3n) is 4.67. The fourth-order valence-electron chi connectivity index (χ4n) is 3.12. The molecule has 0 N–H and O–H groups in total. The van der Waals surface area contributed by atoms with Crippen LogP contribution in [0.1, 0.15) is 25.8 Å². The van der Waals surface area contributed by atoms with Crippen LogP contribution in [-0.2, 0) is 18.3 Å². The van der Waals surface area contributed by atoms with Crippen molar-refractivity contribution in [3.63, 3.8) is 0 Å². The van der Waals surface area contributed by atoms with E-state index in [1.807, 2.05) is 6.92 Å². The molecule has 27 heavy (non-hydrogen) atoms. The molecule has 1 aliphatic heterocycles. The standard InChI is InChI=1S/C19H20FN3O4/c1-5-11(3)22-14-8-7-12(20)9-15(14)27-18(17(22)25)23-16(24)10-13(6-2)21(4)19(23)26/h5,7-11,18H,1,6H2,2-4H3.